The third-order valence-electron chi connectivity index (χ3n) is 7.53. The van der Waals surface area contributed by atoms with Crippen LogP contribution >= 0.6 is 0 Å². The van der Waals surface area contributed by atoms with Gasteiger partial charge in [0.2, 0.25) is 5.91 Å². The summed E-state index contributed by atoms with van der Waals surface area (Å²) >= 11 is 0. The highest BCUT2D eigenvalue weighted by Gasteiger charge is 2.39. The van der Waals surface area contributed by atoms with E-state index in [1.165, 1.54) is 14.2 Å². The summed E-state index contributed by atoms with van der Waals surface area (Å²) in [7, 11) is 2.79. The number of hydrogen-bond acceptors (Lipinski definition) is 5. The second-order valence-electron chi connectivity index (χ2n) is 10.4. The van der Waals surface area contributed by atoms with E-state index in [-0.39, 0.29) is 30.2 Å². The molecule has 2 N–H and O–H groups in total. The minimum Gasteiger partial charge on any atom is -0.467 e. The number of amides is 3. The maximum absolute atomic E-state index is 13.5. The van der Waals surface area contributed by atoms with Crippen LogP contribution < -0.4 is 5.32 Å². The molecule has 3 heterocycles. The number of nitrogens with one attached hydrogen (secondary N) is 2. The molecule has 0 saturated heterocycles. The van der Waals surface area contributed by atoms with Crippen LogP contribution in [0.2, 0.25) is 0 Å². The van der Waals surface area contributed by atoms with E-state index in [0.717, 1.165) is 26.7 Å². The van der Waals surface area contributed by atoms with Crippen molar-refractivity contribution in [3.05, 3.63) is 59.7 Å². The quantitative estimate of drug-likeness (QED) is 0.253. The molecule has 6 rings (SSSR count). The van der Waals surface area contributed by atoms with Gasteiger partial charge >= 0.3 is 5.97 Å². The van der Waals surface area contributed by atoms with Crippen LogP contribution in [0.3, 0.4) is 0 Å². The molecule has 1 aliphatic rings. The topological polar surface area (TPSA) is 114 Å². The van der Waals surface area contributed by atoms with Gasteiger partial charge in [-0.1, -0.05) is 50.2 Å². The molecule has 1 aliphatic heterocycles. The van der Waals surface area contributed by atoms with Crippen molar-refractivity contribution in [2.75, 3.05) is 14.2 Å². The third-order valence-corrected chi connectivity index (χ3v) is 7.53. The number of methoxy groups -OCH3 is 1. The number of carbonyl (C=O) groups excluding carboxylic acids is 4. The zero-order valence-corrected chi connectivity index (χ0v) is 22.1. The standard InChI is InChI=1S/C30H28N4O5/c1-15(2)13-19(30(38)39-4)31-21(35)14-34-20-12-8-6-10-17(20)23-25-24(28(36)33(3)29(25)37)22-16-9-5-7-11-18(16)32-26(22)27(23)34/h5-12,15,19,32H,13-14H2,1-4H3,(H,31,35). The number of carbonyl (C=O) groups is 4. The highest BCUT2D eigenvalue weighted by atomic mass is 16.5. The van der Waals surface area contributed by atoms with Crippen LogP contribution in [0, 0.1) is 5.92 Å². The smallest absolute Gasteiger partial charge is 0.328 e. The fourth-order valence-corrected chi connectivity index (χ4v) is 5.88. The summed E-state index contributed by atoms with van der Waals surface area (Å²) in [4.78, 5) is 57.4. The van der Waals surface area contributed by atoms with Gasteiger partial charge in [0.05, 0.1) is 29.3 Å². The first-order valence-electron chi connectivity index (χ1n) is 12.9. The van der Waals surface area contributed by atoms with Crippen molar-refractivity contribution in [3.8, 4) is 0 Å². The Kier molecular flexibility index (Phi) is 5.67. The van der Waals surface area contributed by atoms with Crippen LogP contribution in [0.4, 0.5) is 0 Å². The minimum absolute atomic E-state index is 0.100. The lowest BCUT2D eigenvalue weighted by Gasteiger charge is -2.19. The number of imide groups is 1. The van der Waals surface area contributed by atoms with E-state index >= 15 is 0 Å². The molecule has 39 heavy (non-hydrogen) atoms. The van der Waals surface area contributed by atoms with Crippen LogP contribution in [0.25, 0.3) is 43.6 Å². The number of aromatic amines is 1. The highest BCUT2D eigenvalue weighted by molar-refractivity contribution is 6.39. The molecule has 0 saturated carbocycles. The first kappa shape index (κ1) is 24.7. The predicted molar refractivity (Wildman–Crippen MR) is 149 cm³/mol. The normalized spacial score (nSPS) is 14.2. The molecule has 0 radical (unpaired) electrons. The number of nitrogens with zero attached hydrogens (tertiary/aromatic N) is 2. The van der Waals surface area contributed by atoms with Gasteiger partial charge in [0, 0.05) is 39.6 Å². The minimum atomic E-state index is -0.777. The average Bonchev–Trinajstić information content (AvgIpc) is 3.53. The maximum Gasteiger partial charge on any atom is 0.328 e. The number of para-hydroxylation sites is 2. The van der Waals surface area contributed by atoms with Crippen LogP contribution in [-0.4, -0.2) is 58.3 Å². The number of benzene rings is 3. The van der Waals surface area contributed by atoms with E-state index in [4.69, 9.17) is 4.74 Å². The molecule has 1 unspecified atom stereocenters. The van der Waals surface area contributed by atoms with Crippen molar-refractivity contribution in [2.45, 2.75) is 32.9 Å². The largest absolute Gasteiger partial charge is 0.467 e. The predicted octanol–water partition coefficient (Wildman–Crippen LogP) is 4.36. The number of esters is 1. The second kappa shape index (κ2) is 8.97. The second-order valence-corrected chi connectivity index (χ2v) is 10.4. The highest BCUT2D eigenvalue weighted by Crippen LogP contribution is 2.44. The molecule has 0 bridgehead atoms. The Balaban J connectivity index is 1.64. The van der Waals surface area contributed by atoms with E-state index < -0.39 is 12.0 Å². The Bertz CT molecular complexity index is 1860. The fourth-order valence-electron chi connectivity index (χ4n) is 5.88. The van der Waals surface area contributed by atoms with Crippen molar-refractivity contribution in [1.82, 2.24) is 19.8 Å². The lowest BCUT2D eigenvalue weighted by atomic mass is 9.97. The van der Waals surface area contributed by atoms with E-state index in [9.17, 15) is 19.2 Å². The van der Waals surface area contributed by atoms with Crippen molar-refractivity contribution >= 4 is 67.3 Å². The van der Waals surface area contributed by atoms with Crippen molar-refractivity contribution in [2.24, 2.45) is 5.92 Å². The molecule has 9 heteroatoms. The summed E-state index contributed by atoms with van der Waals surface area (Å²) in [5.74, 6) is -1.42. The van der Waals surface area contributed by atoms with Crippen LogP contribution in [0.15, 0.2) is 48.5 Å². The third kappa shape index (κ3) is 3.60. The number of H-pyrrole nitrogens is 1. The monoisotopic (exact) mass is 524 g/mol. The van der Waals surface area contributed by atoms with Gasteiger partial charge in [-0.15, -0.1) is 0 Å². The van der Waals surface area contributed by atoms with Gasteiger partial charge in [-0.05, 0) is 24.5 Å². The lowest BCUT2D eigenvalue weighted by molar-refractivity contribution is -0.145. The van der Waals surface area contributed by atoms with Crippen LogP contribution in [0.5, 0.6) is 0 Å². The maximum atomic E-state index is 13.5. The number of fused-ring (bicyclic) bond motifs is 10. The van der Waals surface area contributed by atoms with Crippen molar-refractivity contribution in [3.63, 3.8) is 0 Å². The van der Waals surface area contributed by atoms with Gasteiger partial charge in [0.25, 0.3) is 11.8 Å². The Morgan fingerprint density at radius 1 is 0.949 bits per heavy atom. The first-order valence-corrected chi connectivity index (χ1v) is 12.9. The van der Waals surface area contributed by atoms with Crippen LogP contribution in [-0.2, 0) is 20.9 Å². The molecule has 0 spiro atoms. The Morgan fingerprint density at radius 2 is 1.59 bits per heavy atom. The number of aromatic nitrogens is 2. The summed E-state index contributed by atoms with van der Waals surface area (Å²) in [6, 6.07) is 14.4. The molecular formula is C30H28N4O5. The summed E-state index contributed by atoms with van der Waals surface area (Å²) in [6.45, 7) is 3.84. The molecule has 5 aromatic rings. The number of ether oxygens (including phenoxy) is 1. The van der Waals surface area contributed by atoms with Gasteiger partial charge in [0.1, 0.15) is 12.6 Å². The van der Waals surface area contributed by atoms with E-state index in [1.807, 2.05) is 66.9 Å². The van der Waals surface area contributed by atoms with Gasteiger partial charge in [-0.3, -0.25) is 19.3 Å². The van der Waals surface area contributed by atoms with Gasteiger partial charge in [-0.2, -0.15) is 0 Å². The molecule has 1 atom stereocenters. The zero-order chi connectivity index (χ0) is 27.6. The number of hydrogen-bond donors (Lipinski definition) is 2. The molecule has 0 fully saturated rings. The van der Waals surface area contributed by atoms with E-state index in [0.29, 0.717) is 39.4 Å². The summed E-state index contributed by atoms with van der Waals surface area (Å²) in [5.41, 5.74) is 3.61. The Labute approximate surface area is 223 Å². The van der Waals surface area contributed by atoms with Gasteiger partial charge in [-0.25, -0.2) is 4.79 Å². The Hall–Kier alpha value is -4.66. The molecule has 3 amide bonds. The van der Waals surface area contributed by atoms with Crippen LogP contribution in [0.1, 0.15) is 41.0 Å². The molecule has 2 aromatic heterocycles. The zero-order valence-electron chi connectivity index (χ0n) is 22.1. The SMILES string of the molecule is COC(=O)C(CC(C)C)NC(=O)Cn1c2ccccc2c2c3c(c4c5ccccc5[nH]c4c21)C(=O)N(C)C3=O. The van der Waals surface area contributed by atoms with Crippen molar-refractivity contribution < 1.29 is 23.9 Å². The molecular weight excluding hydrogens is 496 g/mol. The van der Waals surface area contributed by atoms with Gasteiger partial charge in [0.15, 0.2) is 0 Å². The lowest BCUT2D eigenvalue weighted by Crippen LogP contribution is -2.43. The molecule has 3 aromatic carbocycles. The molecule has 0 aliphatic carbocycles. The summed E-state index contributed by atoms with van der Waals surface area (Å²) in [6.07, 6.45) is 0.439. The fraction of sp³-hybridized carbons (Fsp3) is 0.267. The van der Waals surface area contributed by atoms with Gasteiger partial charge < -0.3 is 19.6 Å². The van der Waals surface area contributed by atoms with E-state index in [1.54, 1.807) is 0 Å². The summed E-state index contributed by atoms with van der Waals surface area (Å²) in [5, 5.41) is 5.72. The van der Waals surface area contributed by atoms with Crippen molar-refractivity contribution in [1.29, 1.82) is 0 Å². The van der Waals surface area contributed by atoms with E-state index in [2.05, 4.69) is 10.3 Å². The number of rotatable bonds is 6. The first-order chi connectivity index (χ1) is 18.7. The average molecular weight is 525 g/mol. The molecule has 9 nitrogen and oxygen atoms in total. The Morgan fingerprint density at radius 3 is 2.28 bits per heavy atom. The summed E-state index contributed by atoms with van der Waals surface area (Å²) < 4.78 is 6.78. The molecule has 198 valence electrons.